The Bertz CT molecular complexity index is 756. The number of aromatic nitrogens is 3. The third-order valence-corrected chi connectivity index (χ3v) is 4.97. The second kappa shape index (κ2) is 7.79. The monoisotopic (exact) mass is 392 g/mol. The summed E-state index contributed by atoms with van der Waals surface area (Å²) < 4.78 is 7.76. The highest BCUT2D eigenvalue weighted by Crippen LogP contribution is 2.23. The van der Waals surface area contributed by atoms with Crippen LogP contribution in [0.15, 0.2) is 33.8 Å². The van der Waals surface area contributed by atoms with Crippen LogP contribution in [0, 0.1) is 0 Å². The third-order valence-electron chi connectivity index (χ3n) is 4.20. The first kappa shape index (κ1) is 17.0. The molecule has 7 heteroatoms. The standard InChI is InChI=1S/C17H21BrN4O2/c1-22-17(23)16(18)14(11-21-22)20-10-12-7-8-19-15(9-12)24-13-5-3-2-4-6-13/h7-9,11,13,20H,2-6,10H2,1H3. The number of nitrogens with zero attached hydrogens (tertiary/aromatic N) is 3. The van der Waals surface area contributed by atoms with Gasteiger partial charge in [-0.1, -0.05) is 6.42 Å². The highest BCUT2D eigenvalue weighted by Gasteiger charge is 2.15. The second-order valence-corrected chi connectivity index (χ2v) is 6.83. The van der Waals surface area contributed by atoms with E-state index < -0.39 is 0 Å². The lowest BCUT2D eigenvalue weighted by Crippen LogP contribution is -2.21. The average molecular weight is 393 g/mol. The van der Waals surface area contributed by atoms with Crippen molar-refractivity contribution in [3.05, 3.63) is 44.9 Å². The fourth-order valence-electron chi connectivity index (χ4n) is 2.81. The summed E-state index contributed by atoms with van der Waals surface area (Å²) >= 11 is 3.31. The fraction of sp³-hybridized carbons (Fsp3) is 0.471. The molecule has 0 amide bonds. The van der Waals surface area contributed by atoms with Gasteiger partial charge in [-0.3, -0.25) is 4.79 Å². The molecule has 24 heavy (non-hydrogen) atoms. The molecular weight excluding hydrogens is 372 g/mol. The Morgan fingerprint density at radius 2 is 2.17 bits per heavy atom. The lowest BCUT2D eigenvalue weighted by Gasteiger charge is -2.22. The number of anilines is 1. The van der Waals surface area contributed by atoms with Crippen LogP contribution in [0.3, 0.4) is 0 Å². The molecule has 0 atom stereocenters. The Morgan fingerprint density at radius 1 is 1.38 bits per heavy atom. The maximum absolute atomic E-state index is 11.9. The summed E-state index contributed by atoms with van der Waals surface area (Å²) in [6.07, 6.45) is 9.65. The molecule has 1 fully saturated rings. The molecule has 0 saturated heterocycles. The van der Waals surface area contributed by atoms with Crippen LogP contribution in [-0.2, 0) is 13.6 Å². The van der Waals surface area contributed by atoms with Crippen LogP contribution < -0.4 is 15.6 Å². The highest BCUT2D eigenvalue weighted by molar-refractivity contribution is 9.10. The number of rotatable bonds is 5. The SMILES string of the molecule is Cn1ncc(NCc2ccnc(OC3CCCCC3)c2)c(Br)c1=O. The van der Waals surface area contributed by atoms with Gasteiger partial charge in [0.25, 0.3) is 5.56 Å². The zero-order chi connectivity index (χ0) is 16.9. The van der Waals surface area contributed by atoms with Gasteiger partial charge in [-0.15, -0.1) is 0 Å². The molecule has 0 aliphatic heterocycles. The molecule has 0 bridgehead atoms. The van der Waals surface area contributed by atoms with Crippen molar-refractivity contribution >= 4 is 21.6 Å². The molecule has 2 aromatic heterocycles. The summed E-state index contributed by atoms with van der Waals surface area (Å²) in [5.74, 6) is 0.669. The number of hydrogen-bond acceptors (Lipinski definition) is 5. The van der Waals surface area contributed by atoms with E-state index >= 15 is 0 Å². The molecule has 3 rings (SSSR count). The third kappa shape index (κ3) is 4.14. The summed E-state index contributed by atoms with van der Waals surface area (Å²) in [4.78, 5) is 16.2. The highest BCUT2D eigenvalue weighted by atomic mass is 79.9. The first-order valence-corrected chi connectivity index (χ1v) is 9.00. The Balaban J connectivity index is 1.64. The summed E-state index contributed by atoms with van der Waals surface area (Å²) in [5, 5.41) is 7.24. The topological polar surface area (TPSA) is 69.0 Å². The lowest BCUT2D eigenvalue weighted by molar-refractivity contribution is 0.148. The van der Waals surface area contributed by atoms with Gasteiger partial charge in [0, 0.05) is 25.9 Å². The number of nitrogens with one attached hydrogen (secondary N) is 1. The molecule has 1 aliphatic rings. The van der Waals surface area contributed by atoms with Crippen molar-refractivity contribution in [3.8, 4) is 5.88 Å². The molecule has 1 aliphatic carbocycles. The summed E-state index contributed by atoms with van der Waals surface area (Å²) in [7, 11) is 1.62. The van der Waals surface area contributed by atoms with E-state index in [1.54, 1.807) is 19.4 Å². The zero-order valence-corrected chi connectivity index (χ0v) is 15.3. The van der Waals surface area contributed by atoms with E-state index in [1.165, 1.54) is 23.9 Å². The molecule has 0 radical (unpaired) electrons. The van der Waals surface area contributed by atoms with Crippen molar-refractivity contribution in [2.24, 2.45) is 7.05 Å². The minimum absolute atomic E-state index is 0.170. The normalized spacial score (nSPS) is 15.2. The predicted octanol–water partition coefficient (Wildman–Crippen LogP) is 3.26. The molecular formula is C17H21BrN4O2. The van der Waals surface area contributed by atoms with Crippen molar-refractivity contribution in [1.82, 2.24) is 14.8 Å². The zero-order valence-electron chi connectivity index (χ0n) is 13.7. The molecule has 2 aromatic rings. The Morgan fingerprint density at radius 3 is 2.96 bits per heavy atom. The predicted molar refractivity (Wildman–Crippen MR) is 96.2 cm³/mol. The number of pyridine rings is 1. The van der Waals surface area contributed by atoms with Gasteiger partial charge >= 0.3 is 0 Å². The Kier molecular flexibility index (Phi) is 5.50. The van der Waals surface area contributed by atoms with Crippen molar-refractivity contribution < 1.29 is 4.74 Å². The molecule has 1 N–H and O–H groups in total. The van der Waals surface area contributed by atoms with Crippen LogP contribution in [0.25, 0.3) is 0 Å². The first-order chi connectivity index (χ1) is 11.6. The van der Waals surface area contributed by atoms with Crippen LogP contribution in [0.1, 0.15) is 37.7 Å². The van der Waals surface area contributed by atoms with Gasteiger partial charge in [0.1, 0.15) is 10.6 Å². The minimum Gasteiger partial charge on any atom is -0.474 e. The van der Waals surface area contributed by atoms with Crippen LogP contribution in [0.4, 0.5) is 5.69 Å². The van der Waals surface area contributed by atoms with E-state index in [1.807, 2.05) is 12.1 Å². The van der Waals surface area contributed by atoms with Crippen LogP contribution in [0.2, 0.25) is 0 Å². The van der Waals surface area contributed by atoms with Gasteiger partial charge < -0.3 is 10.1 Å². The van der Waals surface area contributed by atoms with Gasteiger partial charge in [0.05, 0.1) is 11.9 Å². The van der Waals surface area contributed by atoms with Gasteiger partial charge in [-0.25, -0.2) is 9.67 Å². The van der Waals surface area contributed by atoms with Crippen molar-refractivity contribution in [2.45, 2.75) is 44.8 Å². The Labute approximate surface area is 149 Å². The van der Waals surface area contributed by atoms with E-state index in [-0.39, 0.29) is 11.7 Å². The van der Waals surface area contributed by atoms with E-state index in [0.717, 1.165) is 18.4 Å². The second-order valence-electron chi connectivity index (χ2n) is 6.03. The van der Waals surface area contributed by atoms with Crippen molar-refractivity contribution in [3.63, 3.8) is 0 Å². The quantitative estimate of drug-likeness (QED) is 0.845. The van der Waals surface area contributed by atoms with E-state index in [9.17, 15) is 4.79 Å². The molecule has 0 unspecified atom stereocenters. The van der Waals surface area contributed by atoms with Gasteiger partial charge in [-0.2, -0.15) is 5.10 Å². The molecule has 128 valence electrons. The van der Waals surface area contributed by atoms with Crippen LogP contribution in [-0.4, -0.2) is 20.9 Å². The Hall–Kier alpha value is -1.89. The minimum atomic E-state index is -0.170. The smallest absolute Gasteiger partial charge is 0.282 e. The first-order valence-electron chi connectivity index (χ1n) is 8.21. The van der Waals surface area contributed by atoms with Gasteiger partial charge in [-0.05, 0) is 53.2 Å². The number of ether oxygens (including phenoxy) is 1. The average Bonchev–Trinajstić information content (AvgIpc) is 2.60. The maximum Gasteiger partial charge on any atom is 0.282 e. The molecule has 6 nitrogen and oxygen atoms in total. The fourth-order valence-corrected chi connectivity index (χ4v) is 3.31. The van der Waals surface area contributed by atoms with Crippen LogP contribution in [0.5, 0.6) is 5.88 Å². The molecule has 0 spiro atoms. The van der Waals surface area contributed by atoms with Gasteiger partial charge in [0.15, 0.2) is 0 Å². The lowest BCUT2D eigenvalue weighted by atomic mass is 9.98. The van der Waals surface area contributed by atoms with Gasteiger partial charge in [0.2, 0.25) is 5.88 Å². The largest absolute Gasteiger partial charge is 0.474 e. The summed E-state index contributed by atoms with van der Waals surface area (Å²) in [5.41, 5.74) is 1.55. The molecule has 2 heterocycles. The molecule has 1 saturated carbocycles. The summed E-state index contributed by atoms with van der Waals surface area (Å²) in [6.45, 7) is 0.566. The van der Waals surface area contributed by atoms with E-state index in [2.05, 4.69) is 31.3 Å². The number of hydrogen-bond donors (Lipinski definition) is 1. The summed E-state index contributed by atoms with van der Waals surface area (Å²) in [6, 6.07) is 3.88. The van der Waals surface area contributed by atoms with Crippen molar-refractivity contribution in [2.75, 3.05) is 5.32 Å². The number of halogens is 1. The van der Waals surface area contributed by atoms with Crippen molar-refractivity contribution in [1.29, 1.82) is 0 Å². The van der Waals surface area contributed by atoms with E-state index in [0.29, 0.717) is 22.6 Å². The molecule has 0 aromatic carbocycles. The number of aryl methyl sites for hydroxylation is 1. The van der Waals surface area contributed by atoms with E-state index in [4.69, 9.17) is 4.74 Å². The van der Waals surface area contributed by atoms with Crippen LogP contribution >= 0.6 is 15.9 Å². The maximum atomic E-state index is 11.9.